The van der Waals surface area contributed by atoms with Crippen molar-refractivity contribution < 1.29 is 0 Å². The van der Waals surface area contributed by atoms with E-state index in [2.05, 4.69) is 18.3 Å². The maximum Gasteiger partial charge on any atom is 0.0139 e. The van der Waals surface area contributed by atoms with E-state index in [4.69, 9.17) is 0 Å². The van der Waals surface area contributed by atoms with Gasteiger partial charge in [-0.25, -0.2) is 0 Å². The lowest BCUT2D eigenvalue weighted by Gasteiger charge is -2.35. The second kappa shape index (κ2) is 2.84. The van der Waals surface area contributed by atoms with Gasteiger partial charge in [0.15, 0.2) is 0 Å². The van der Waals surface area contributed by atoms with Crippen molar-refractivity contribution in [3.8, 4) is 0 Å². The smallest absolute Gasteiger partial charge is 0.0139 e. The lowest BCUT2D eigenvalue weighted by Crippen LogP contribution is -2.37. The van der Waals surface area contributed by atoms with Crippen LogP contribution in [-0.4, -0.2) is 12.6 Å². The van der Waals surface area contributed by atoms with E-state index in [0.717, 1.165) is 23.8 Å². The normalized spacial score (nSPS) is 43.5. The summed E-state index contributed by atoms with van der Waals surface area (Å²) < 4.78 is 0. The Bertz CT molecular complexity index is 226. The van der Waals surface area contributed by atoms with Crippen molar-refractivity contribution in [2.75, 3.05) is 6.54 Å². The highest BCUT2D eigenvalue weighted by molar-refractivity contribution is 5.19. The Morgan fingerprint density at radius 1 is 1.46 bits per heavy atom. The first-order valence-electron chi connectivity index (χ1n) is 5.74. The quantitative estimate of drug-likeness (QED) is 0.652. The molecule has 4 aliphatic rings. The summed E-state index contributed by atoms with van der Waals surface area (Å²) >= 11 is 0. The zero-order chi connectivity index (χ0) is 8.84. The zero-order valence-corrected chi connectivity index (χ0v) is 8.42. The Labute approximate surface area is 80.6 Å². The molecule has 3 unspecified atom stereocenters. The number of allylic oxidation sites excluding steroid dienone is 1. The fraction of sp³-hybridized carbons (Fsp3) is 0.833. The molecular weight excluding hydrogens is 158 g/mol. The first-order valence-corrected chi connectivity index (χ1v) is 5.74. The molecule has 1 heteroatoms. The van der Waals surface area contributed by atoms with E-state index in [1.807, 2.05) is 0 Å². The molecule has 4 rings (SSSR count). The monoisotopic (exact) mass is 177 g/mol. The van der Waals surface area contributed by atoms with Gasteiger partial charge in [-0.2, -0.15) is 0 Å². The second-order valence-corrected chi connectivity index (χ2v) is 5.16. The third-order valence-electron chi connectivity index (χ3n) is 4.14. The molecule has 0 amide bonds. The zero-order valence-electron chi connectivity index (χ0n) is 8.42. The molecule has 2 aliphatic carbocycles. The van der Waals surface area contributed by atoms with E-state index in [-0.39, 0.29) is 0 Å². The summed E-state index contributed by atoms with van der Waals surface area (Å²) in [6.45, 7) is 3.63. The third kappa shape index (κ3) is 1.34. The van der Waals surface area contributed by atoms with Crippen LogP contribution in [0.25, 0.3) is 0 Å². The summed E-state index contributed by atoms with van der Waals surface area (Å²) in [4.78, 5) is 0. The van der Waals surface area contributed by atoms with Crippen LogP contribution in [0.15, 0.2) is 11.6 Å². The molecule has 72 valence electrons. The molecular formula is C12H19N. The SMILES string of the molecule is C/C(=C\CC1CC1)C1C2CNC1C2. The molecule has 4 fully saturated rings. The topological polar surface area (TPSA) is 12.0 Å². The van der Waals surface area contributed by atoms with Crippen molar-refractivity contribution >= 4 is 0 Å². The fourth-order valence-corrected chi connectivity index (χ4v) is 3.01. The predicted octanol–water partition coefficient (Wildman–Crippen LogP) is 2.34. The van der Waals surface area contributed by atoms with Crippen LogP contribution in [-0.2, 0) is 0 Å². The first kappa shape index (κ1) is 8.05. The predicted molar refractivity (Wildman–Crippen MR) is 54.5 cm³/mol. The average Bonchev–Trinajstić information content (AvgIpc) is 2.62. The minimum absolute atomic E-state index is 0.848. The van der Waals surface area contributed by atoms with Crippen molar-refractivity contribution in [2.24, 2.45) is 17.8 Å². The molecule has 3 atom stereocenters. The van der Waals surface area contributed by atoms with Gasteiger partial charge in [0.25, 0.3) is 0 Å². The van der Waals surface area contributed by atoms with Crippen LogP contribution >= 0.6 is 0 Å². The molecule has 2 bridgehead atoms. The summed E-state index contributed by atoms with van der Waals surface area (Å²) in [5.74, 6) is 2.96. The standard InChI is InChI=1S/C12H19N/c1-8(2-3-9-4-5-9)12-10-6-11(12)13-7-10/h2,9-13H,3-7H2,1H3/b8-2+. The minimum atomic E-state index is 0.848. The first-order chi connectivity index (χ1) is 6.34. The second-order valence-electron chi connectivity index (χ2n) is 5.16. The maximum absolute atomic E-state index is 3.59. The van der Waals surface area contributed by atoms with Crippen molar-refractivity contribution in [3.63, 3.8) is 0 Å². The van der Waals surface area contributed by atoms with Gasteiger partial charge in [0, 0.05) is 6.04 Å². The number of hydrogen-bond acceptors (Lipinski definition) is 1. The fourth-order valence-electron chi connectivity index (χ4n) is 3.01. The van der Waals surface area contributed by atoms with Crippen LogP contribution in [0.3, 0.4) is 0 Å². The van der Waals surface area contributed by atoms with Gasteiger partial charge in [-0.1, -0.05) is 11.6 Å². The van der Waals surface area contributed by atoms with E-state index in [1.165, 1.54) is 32.2 Å². The number of fused-ring (bicyclic) bond motifs is 1. The highest BCUT2D eigenvalue weighted by Crippen LogP contribution is 2.45. The molecule has 2 heterocycles. The van der Waals surface area contributed by atoms with E-state index < -0.39 is 0 Å². The van der Waals surface area contributed by atoms with Crippen molar-refractivity contribution in [1.82, 2.24) is 5.32 Å². The van der Waals surface area contributed by atoms with Crippen molar-refractivity contribution in [3.05, 3.63) is 11.6 Å². The molecule has 0 radical (unpaired) electrons. The van der Waals surface area contributed by atoms with Crippen LogP contribution in [0.2, 0.25) is 0 Å². The van der Waals surface area contributed by atoms with E-state index in [0.29, 0.717) is 0 Å². The van der Waals surface area contributed by atoms with Gasteiger partial charge in [-0.3, -0.25) is 0 Å². The molecule has 0 aromatic rings. The largest absolute Gasteiger partial charge is 0.313 e. The number of nitrogens with one attached hydrogen (secondary N) is 1. The van der Waals surface area contributed by atoms with E-state index in [9.17, 15) is 0 Å². The van der Waals surface area contributed by atoms with Gasteiger partial charge in [-0.15, -0.1) is 0 Å². The molecule has 0 aromatic heterocycles. The van der Waals surface area contributed by atoms with Crippen LogP contribution in [0.4, 0.5) is 0 Å². The van der Waals surface area contributed by atoms with Gasteiger partial charge in [-0.05, 0) is 56.9 Å². The molecule has 13 heavy (non-hydrogen) atoms. The summed E-state index contributed by atoms with van der Waals surface area (Å²) in [5, 5.41) is 3.59. The van der Waals surface area contributed by atoms with Gasteiger partial charge in [0.2, 0.25) is 0 Å². The van der Waals surface area contributed by atoms with Gasteiger partial charge in [0.1, 0.15) is 0 Å². The van der Waals surface area contributed by atoms with Gasteiger partial charge >= 0.3 is 0 Å². The Morgan fingerprint density at radius 3 is 2.85 bits per heavy atom. The van der Waals surface area contributed by atoms with Crippen LogP contribution < -0.4 is 5.32 Å². The molecule has 1 N–H and O–H groups in total. The van der Waals surface area contributed by atoms with Crippen molar-refractivity contribution in [1.29, 1.82) is 0 Å². The van der Waals surface area contributed by atoms with Crippen LogP contribution in [0, 0.1) is 17.8 Å². The minimum Gasteiger partial charge on any atom is -0.313 e. The number of rotatable bonds is 3. The third-order valence-corrected chi connectivity index (χ3v) is 4.14. The highest BCUT2D eigenvalue weighted by Gasteiger charge is 2.46. The Balaban J connectivity index is 1.60. The van der Waals surface area contributed by atoms with Gasteiger partial charge < -0.3 is 5.32 Å². The molecule has 2 saturated carbocycles. The van der Waals surface area contributed by atoms with Gasteiger partial charge in [0.05, 0.1) is 0 Å². The Hall–Kier alpha value is -0.300. The molecule has 1 nitrogen and oxygen atoms in total. The summed E-state index contributed by atoms with van der Waals surface area (Å²) in [6, 6.07) is 0.848. The number of hydrogen-bond donors (Lipinski definition) is 1. The van der Waals surface area contributed by atoms with Crippen molar-refractivity contribution in [2.45, 2.75) is 38.6 Å². The summed E-state index contributed by atoms with van der Waals surface area (Å²) in [5.41, 5.74) is 1.68. The summed E-state index contributed by atoms with van der Waals surface area (Å²) in [7, 11) is 0. The maximum atomic E-state index is 3.59. The lowest BCUT2D eigenvalue weighted by molar-refractivity contribution is 0.257. The van der Waals surface area contributed by atoms with Crippen LogP contribution in [0.1, 0.15) is 32.6 Å². The molecule has 2 saturated heterocycles. The van der Waals surface area contributed by atoms with E-state index in [1.54, 1.807) is 5.57 Å². The summed E-state index contributed by atoms with van der Waals surface area (Å²) in [6.07, 6.45) is 8.30. The van der Waals surface area contributed by atoms with Crippen LogP contribution in [0.5, 0.6) is 0 Å². The molecule has 0 aromatic carbocycles. The van der Waals surface area contributed by atoms with E-state index >= 15 is 0 Å². The molecule has 2 aliphatic heterocycles. The lowest BCUT2D eigenvalue weighted by atomic mass is 9.70. The average molecular weight is 177 g/mol. The Kier molecular flexibility index (Phi) is 1.76. The Morgan fingerprint density at radius 2 is 2.31 bits per heavy atom. The highest BCUT2D eigenvalue weighted by atomic mass is 15.0. The molecule has 0 spiro atoms.